The molecular formula is C13H23N3O. The molecule has 1 heterocycles. The van der Waals surface area contributed by atoms with Gasteiger partial charge in [-0.1, -0.05) is 19.8 Å². The minimum atomic E-state index is 0.575. The zero-order chi connectivity index (χ0) is 12.1. The first-order chi connectivity index (χ1) is 8.24. The molecule has 96 valence electrons. The van der Waals surface area contributed by atoms with Crippen molar-refractivity contribution < 1.29 is 4.74 Å². The van der Waals surface area contributed by atoms with E-state index in [1.54, 1.807) is 0 Å². The number of hydrogen-bond acceptors (Lipinski definition) is 3. The summed E-state index contributed by atoms with van der Waals surface area (Å²) in [6, 6.07) is 1.81. The Labute approximate surface area is 103 Å². The van der Waals surface area contributed by atoms with Crippen LogP contribution in [0.3, 0.4) is 0 Å². The minimum Gasteiger partial charge on any atom is -0.382 e. The van der Waals surface area contributed by atoms with E-state index in [1.807, 2.05) is 16.9 Å². The van der Waals surface area contributed by atoms with Crippen molar-refractivity contribution in [3.05, 3.63) is 12.3 Å². The lowest BCUT2D eigenvalue weighted by Gasteiger charge is -2.26. The molecule has 1 aromatic heterocycles. The Balaban J connectivity index is 1.59. The molecule has 4 nitrogen and oxygen atoms in total. The van der Waals surface area contributed by atoms with Crippen molar-refractivity contribution in [2.45, 2.75) is 39.2 Å². The van der Waals surface area contributed by atoms with Gasteiger partial charge in [0.1, 0.15) is 5.82 Å². The van der Waals surface area contributed by atoms with E-state index in [0.29, 0.717) is 5.82 Å². The smallest absolute Gasteiger partial charge is 0.145 e. The van der Waals surface area contributed by atoms with E-state index in [2.05, 4.69) is 12.0 Å². The number of hydrogen-bond donors (Lipinski definition) is 1. The van der Waals surface area contributed by atoms with Crippen LogP contribution in [0.15, 0.2) is 12.3 Å². The van der Waals surface area contributed by atoms with Crippen LogP contribution in [0.1, 0.15) is 32.6 Å². The topological polar surface area (TPSA) is 53.1 Å². The molecule has 0 spiro atoms. The van der Waals surface area contributed by atoms with Crippen LogP contribution in [0.2, 0.25) is 0 Å². The van der Waals surface area contributed by atoms with Gasteiger partial charge in [-0.15, -0.1) is 0 Å². The van der Waals surface area contributed by atoms with E-state index < -0.39 is 0 Å². The third-order valence-corrected chi connectivity index (χ3v) is 3.52. The van der Waals surface area contributed by atoms with E-state index in [1.165, 1.54) is 25.7 Å². The molecule has 2 N–H and O–H groups in total. The van der Waals surface area contributed by atoms with Crippen molar-refractivity contribution in [3.63, 3.8) is 0 Å². The van der Waals surface area contributed by atoms with Crippen molar-refractivity contribution >= 4 is 5.82 Å². The van der Waals surface area contributed by atoms with Gasteiger partial charge in [0.15, 0.2) is 0 Å². The maximum Gasteiger partial charge on any atom is 0.145 e. The maximum atomic E-state index is 5.73. The number of ether oxygens (including phenoxy) is 1. The minimum absolute atomic E-state index is 0.575. The van der Waals surface area contributed by atoms with Crippen LogP contribution >= 0.6 is 0 Å². The molecule has 4 heteroatoms. The van der Waals surface area contributed by atoms with Gasteiger partial charge >= 0.3 is 0 Å². The standard InChI is InChI=1S/C13H23N3O/c1-11-3-2-4-12(9-11)10-17-8-7-16-6-5-13(14)15-16/h5-6,11-12H,2-4,7-10H2,1H3,(H2,14,15). The molecule has 0 amide bonds. The third-order valence-electron chi connectivity index (χ3n) is 3.52. The lowest BCUT2D eigenvalue weighted by molar-refractivity contribution is 0.0701. The zero-order valence-corrected chi connectivity index (χ0v) is 10.6. The highest BCUT2D eigenvalue weighted by Crippen LogP contribution is 2.28. The van der Waals surface area contributed by atoms with E-state index in [9.17, 15) is 0 Å². The van der Waals surface area contributed by atoms with Gasteiger partial charge < -0.3 is 10.5 Å². The molecule has 2 unspecified atom stereocenters. The number of aromatic nitrogens is 2. The quantitative estimate of drug-likeness (QED) is 0.799. The fraction of sp³-hybridized carbons (Fsp3) is 0.769. The molecule has 17 heavy (non-hydrogen) atoms. The summed E-state index contributed by atoms with van der Waals surface area (Å²) in [5.74, 6) is 2.22. The molecular weight excluding hydrogens is 214 g/mol. The van der Waals surface area contributed by atoms with Crippen LogP contribution in [0.5, 0.6) is 0 Å². The fourth-order valence-corrected chi connectivity index (χ4v) is 2.62. The van der Waals surface area contributed by atoms with Crippen LogP contribution < -0.4 is 5.73 Å². The molecule has 2 rings (SSSR count). The maximum absolute atomic E-state index is 5.73. The molecule has 0 aliphatic heterocycles. The molecule has 0 aromatic carbocycles. The Morgan fingerprint density at radius 1 is 1.53 bits per heavy atom. The molecule has 1 aliphatic rings. The van der Waals surface area contributed by atoms with Crippen molar-refractivity contribution in [1.29, 1.82) is 0 Å². The lowest BCUT2D eigenvalue weighted by Crippen LogP contribution is -2.19. The van der Waals surface area contributed by atoms with Gasteiger partial charge in [0.05, 0.1) is 13.2 Å². The van der Waals surface area contributed by atoms with E-state index >= 15 is 0 Å². The molecule has 1 saturated carbocycles. The van der Waals surface area contributed by atoms with Crippen molar-refractivity contribution in [2.24, 2.45) is 11.8 Å². The van der Waals surface area contributed by atoms with Gasteiger partial charge in [-0.25, -0.2) is 0 Å². The summed E-state index contributed by atoms with van der Waals surface area (Å²) in [6.07, 6.45) is 7.31. The summed E-state index contributed by atoms with van der Waals surface area (Å²) >= 11 is 0. The summed E-state index contributed by atoms with van der Waals surface area (Å²) in [7, 11) is 0. The summed E-state index contributed by atoms with van der Waals surface area (Å²) in [5, 5.41) is 4.12. The van der Waals surface area contributed by atoms with E-state index in [-0.39, 0.29) is 0 Å². The van der Waals surface area contributed by atoms with Gasteiger partial charge in [0, 0.05) is 12.8 Å². The van der Waals surface area contributed by atoms with E-state index in [4.69, 9.17) is 10.5 Å². The summed E-state index contributed by atoms with van der Waals surface area (Å²) in [4.78, 5) is 0. The normalized spacial score (nSPS) is 25.0. The number of nitrogens with zero attached hydrogens (tertiary/aromatic N) is 2. The first-order valence-corrected chi connectivity index (χ1v) is 6.60. The molecule has 2 atom stereocenters. The van der Waals surface area contributed by atoms with Crippen LogP contribution in [0.25, 0.3) is 0 Å². The lowest BCUT2D eigenvalue weighted by atomic mass is 9.83. The summed E-state index contributed by atoms with van der Waals surface area (Å²) in [5.41, 5.74) is 5.54. The Morgan fingerprint density at radius 2 is 2.41 bits per heavy atom. The Kier molecular flexibility index (Phi) is 4.42. The number of nitrogens with two attached hydrogens (primary N) is 1. The van der Waals surface area contributed by atoms with E-state index in [0.717, 1.165) is 31.6 Å². The second-order valence-electron chi connectivity index (χ2n) is 5.22. The molecule has 1 aliphatic carbocycles. The molecule has 0 saturated heterocycles. The third kappa shape index (κ3) is 4.04. The van der Waals surface area contributed by atoms with Crippen LogP contribution in [-0.4, -0.2) is 23.0 Å². The van der Waals surface area contributed by atoms with Crippen molar-refractivity contribution in [2.75, 3.05) is 18.9 Å². The van der Waals surface area contributed by atoms with Crippen molar-refractivity contribution in [3.8, 4) is 0 Å². The highest BCUT2D eigenvalue weighted by atomic mass is 16.5. The number of rotatable bonds is 5. The zero-order valence-electron chi connectivity index (χ0n) is 10.6. The van der Waals surface area contributed by atoms with Crippen LogP contribution in [-0.2, 0) is 11.3 Å². The van der Waals surface area contributed by atoms with Gasteiger partial charge in [-0.05, 0) is 30.7 Å². The van der Waals surface area contributed by atoms with Gasteiger partial charge in [-0.3, -0.25) is 4.68 Å². The Morgan fingerprint density at radius 3 is 3.12 bits per heavy atom. The largest absolute Gasteiger partial charge is 0.382 e. The molecule has 0 bridgehead atoms. The monoisotopic (exact) mass is 237 g/mol. The molecule has 1 aromatic rings. The summed E-state index contributed by atoms with van der Waals surface area (Å²) in [6.45, 7) is 4.77. The first-order valence-electron chi connectivity index (χ1n) is 6.60. The Bertz CT molecular complexity index is 337. The van der Waals surface area contributed by atoms with Gasteiger partial charge in [0.25, 0.3) is 0 Å². The predicted molar refractivity (Wildman–Crippen MR) is 68.6 cm³/mol. The van der Waals surface area contributed by atoms with Gasteiger partial charge in [0.2, 0.25) is 0 Å². The van der Waals surface area contributed by atoms with Crippen molar-refractivity contribution in [1.82, 2.24) is 9.78 Å². The average Bonchev–Trinajstić information content (AvgIpc) is 2.71. The molecule has 1 fully saturated rings. The average molecular weight is 237 g/mol. The second-order valence-corrected chi connectivity index (χ2v) is 5.22. The summed E-state index contributed by atoms with van der Waals surface area (Å²) < 4.78 is 7.57. The second kappa shape index (κ2) is 6.05. The first kappa shape index (κ1) is 12.4. The fourth-order valence-electron chi connectivity index (χ4n) is 2.62. The Hall–Kier alpha value is -1.03. The number of anilines is 1. The highest BCUT2D eigenvalue weighted by Gasteiger charge is 2.18. The number of nitrogen functional groups attached to an aromatic ring is 1. The van der Waals surface area contributed by atoms with Crippen LogP contribution in [0.4, 0.5) is 5.82 Å². The highest BCUT2D eigenvalue weighted by molar-refractivity contribution is 5.23. The van der Waals surface area contributed by atoms with Gasteiger partial charge in [-0.2, -0.15) is 5.10 Å². The predicted octanol–water partition coefficient (Wildman–Crippen LogP) is 2.31. The van der Waals surface area contributed by atoms with Crippen LogP contribution in [0, 0.1) is 11.8 Å². The molecule has 0 radical (unpaired) electrons. The SMILES string of the molecule is CC1CCCC(COCCn2ccc(N)n2)C1.